The van der Waals surface area contributed by atoms with Gasteiger partial charge in [-0.2, -0.15) is 0 Å². The molecule has 1 amide bonds. The van der Waals surface area contributed by atoms with Gasteiger partial charge in [-0.05, 0) is 57.6 Å². The van der Waals surface area contributed by atoms with Crippen LogP contribution in [-0.4, -0.2) is 42.3 Å². The largest absolute Gasteiger partial charge is 0.466 e. The Morgan fingerprint density at radius 2 is 1.72 bits per heavy atom. The summed E-state index contributed by atoms with van der Waals surface area (Å²) in [7, 11) is 0. The summed E-state index contributed by atoms with van der Waals surface area (Å²) < 4.78 is 10.4. The maximum absolute atomic E-state index is 12.1. The van der Waals surface area contributed by atoms with Crippen LogP contribution >= 0.6 is 0 Å². The van der Waals surface area contributed by atoms with E-state index in [1.54, 1.807) is 4.90 Å². The Morgan fingerprint density at radius 3 is 2.24 bits per heavy atom. The number of rotatable bonds is 4. The third-order valence-corrected chi connectivity index (χ3v) is 4.25. The molecule has 0 aromatic heterocycles. The zero-order chi connectivity index (χ0) is 18.4. The van der Waals surface area contributed by atoms with Crippen LogP contribution in [-0.2, 0) is 20.7 Å². The van der Waals surface area contributed by atoms with E-state index in [9.17, 15) is 9.59 Å². The third kappa shape index (κ3) is 6.07. The Kier molecular flexibility index (Phi) is 6.45. The number of hydrogen-bond acceptors (Lipinski definition) is 4. The highest BCUT2D eigenvalue weighted by Crippen LogP contribution is 2.29. The third-order valence-electron chi connectivity index (χ3n) is 4.25. The van der Waals surface area contributed by atoms with Crippen molar-refractivity contribution < 1.29 is 19.1 Å². The van der Waals surface area contributed by atoms with Gasteiger partial charge in [0.15, 0.2) is 0 Å². The lowest BCUT2D eigenvalue weighted by atomic mass is 9.89. The maximum atomic E-state index is 12.1. The fraction of sp³-hybridized carbons (Fsp3) is 0.600. The summed E-state index contributed by atoms with van der Waals surface area (Å²) in [6.07, 6.45) is 1.94. The molecule has 1 aromatic carbocycles. The van der Waals surface area contributed by atoms with Gasteiger partial charge in [-0.3, -0.25) is 4.79 Å². The van der Waals surface area contributed by atoms with Crippen molar-refractivity contribution in [2.45, 2.75) is 58.5 Å². The van der Waals surface area contributed by atoms with Crippen LogP contribution in [0.5, 0.6) is 0 Å². The molecule has 1 aromatic rings. The monoisotopic (exact) mass is 347 g/mol. The van der Waals surface area contributed by atoms with Gasteiger partial charge in [0.1, 0.15) is 5.60 Å². The molecule has 0 aliphatic carbocycles. The Hall–Kier alpha value is -2.04. The molecule has 0 spiro atoms. The van der Waals surface area contributed by atoms with Crippen molar-refractivity contribution in [1.82, 2.24) is 4.90 Å². The average Bonchev–Trinajstić information content (AvgIpc) is 2.54. The molecule has 5 heteroatoms. The minimum atomic E-state index is -0.456. The highest BCUT2D eigenvalue weighted by atomic mass is 16.6. The van der Waals surface area contributed by atoms with Crippen molar-refractivity contribution in [3.05, 3.63) is 35.4 Å². The minimum absolute atomic E-state index is 0.194. The van der Waals surface area contributed by atoms with Gasteiger partial charge in [0.25, 0.3) is 0 Å². The fourth-order valence-corrected chi connectivity index (χ4v) is 3.01. The molecule has 138 valence electrons. The summed E-state index contributed by atoms with van der Waals surface area (Å²) in [6.45, 7) is 9.30. The maximum Gasteiger partial charge on any atom is 0.410 e. The predicted octanol–water partition coefficient (Wildman–Crippen LogP) is 3.91. The van der Waals surface area contributed by atoms with Gasteiger partial charge in [0.05, 0.1) is 13.0 Å². The number of nitrogens with zero attached hydrogens (tertiary/aromatic N) is 1. The Balaban J connectivity index is 1.86. The molecule has 0 radical (unpaired) electrons. The van der Waals surface area contributed by atoms with E-state index in [1.165, 1.54) is 5.56 Å². The van der Waals surface area contributed by atoms with Crippen LogP contribution in [0, 0.1) is 0 Å². The first kappa shape index (κ1) is 19.3. The summed E-state index contributed by atoms with van der Waals surface area (Å²) >= 11 is 0. The Bertz CT molecular complexity index is 581. The number of hydrogen-bond donors (Lipinski definition) is 0. The molecule has 0 atom stereocenters. The number of carbonyl (C=O) groups is 2. The molecule has 0 bridgehead atoms. The number of carbonyl (C=O) groups excluding carboxylic acids is 2. The van der Waals surface area contributed by atoms with Crippen LogP contribution in [0.3, 0.4) is 0 Å². The van der Waals surface area contributed by atoms with Crippen LogP contribution in [0.2, 0.25) is 0 Å². The minimum Gasteiger partial charge on any atom is -0.466 e. The normalized spacial score (nSPS) is 15.8. The molecular formula is C20H29NO4. The van der Waals surface area contributed by atoms with Gasteiger partial charge >= 0.3 is 12.1 Å². The van der Waals surface area contributed by atoms with Crippen LogP contribution < -0.4 is 0 Å². The summed E-state index contributed by atoms with van der Waals surface area (Å²) in [5.41, 5.74) is 1.77. The molecule has 5 nitrogen and oxygen atoms in total. The number of ether oxygens (including phenoxy) is 2. The van der Waals surface area contributed by atoms with E-state index in [4.69, 9.17) is 9.47 Å². The molecule has 0 N–H and O–H groups in total. The van der Waals surface area contributed by atoms with Crippen molar-refractivity contribution in [1.29, 1.82) is 0 Å². The fourth-order valence-electron chi connectivity index (χ4n) is 3.01. The van der Waals surface area contributed by atoms with Crippen molar-refractivity contribution in [3.63, 3.8) is 0 Å². The first-order valence-electron chi connectivity index (χ1n) is 9.01. The van der Waals surface area contributed by atoms with E-state index in [2.05, 4.69) is 12.1 Å². The van der Waals surface area contributed by atoms with Gasteiger partial charge in [0.2, 0.25) is 0 Å². The van der Waals surface area contributed by atoms with Gasteiger partial charge in [0, 0.05) is 13.1 Å². The zero-order valence-electron chi connectivity index (χ0n) is 15.7. The van der Waals surface area contributed by atoms with Crippen LogP contribution in [0.4, 0.5) is 4.79 Å². The average molecular weight is 347 g/mol. The zero-order valence-corrected chi connectivity index (χ0v) is 15.7. The first-order chi connectivity index (χ1) is 11.8. The van der Waals surface area contributed by atoms with E-state index in [0.717, 1.165) is 18.4 Å². The molecule has 25 heavy (non-hydrogen) atoms. The number of benzene rings is 1. The molecule has 0 unspecified atom stereocenters. The quantitative estimate of drug-likeness (QED) is 0.775. The Morgan fingerprint density at radius 1 is 1.12 bits per heavy atom. The van der Waals surface area contributed by atoms with Crippen LogP contribution in [0.15, 0.2) is 24.3 Å². The van der Waals surface area contributed by atoms with Crippen molar-refractivity contribution in [2.75, 3.05) is 19.7 Å². The molecule has 1 heterocycles. The van der Waals surface area contributed by atoms with Gasteiger partial charge in [-0.15, -0.1) is 0 Å². The first-order valence-corrected chi connectivity index (χ1v) is 9.01. The highest BCUT2D eigenvalue weighted by Gasteiger charge is 2.27. The summed E-state index contributed by atoms with van der Waals surface area (Å²) in [5.74, 6) is 0.247. The SMILES string of the molecule is CCOC(=O)Cc1ccc(C2CCN(C(=O)OC(C)(C)C)CC2)cc1. The summed E-state index contributed by atoms with van der Waals surface area (Å²) in [6, 6.07) is 8.16. The lowest BCUT2D eigenvalue weighted by molar-refractivity contribution is -0.142. The molecule has 1 saturated heterocycles. The second-order valence-electron chi connectivity index (χ2n) is 7.47. The molecular weight excluding hydrogens is 318 g/mol. The van der Waals surface area contributed by atoms with E-state index in [-0.39, 0.29) is 12.1 Å². The smallest absolute Gasteiger partial charge is 0.410 e. The van der Waals surface area contributed by atoms with E-state index in [0.29, 0.717) is 32.0 Å². The number of esters is 1. The second-order valence-corrected chi connectivity index (χ2v) is 7.47. The lowest BCUT2D eigenvalue weighted by Gasteiger charge is -2.33. The number of likely N-dealkylation sites (tertiary alicyclic amines) is 1. The highest BCUT2D eigenvalue weighted by molar-refractivity contribution is 5.72. The van der Waals surface area contributed by atoms with Crippen molar-refractivity contribution in [3.8, 4) is 0 Å². The van der Waals surface area contributed by atoms with Gasteiger partial charge in [-0.25, -0.2) is 4.79 Å². The predicted molar refractivity (Wildman–Crippen MR) is 96.6 cm³/mol. The van der Waals surface area contributed by atoms with Gasteiger partial charge < -0.3 is 14.4 Å². The Labute approximate surface area is 150 Å². The second kappa shape index (κ2) is 8.37. The van der Waals surface area contributed by atoms with Crippen molar-refractivity contribution >= 4 is 12.1 Å². The number of amides is 1. The molecule has 1 aliphatic heterocycles. The molecule has 2 rings (SSSR count). The summed E-state index contributed by atoms with van der Waals surface area (Å²) in [4.78, 5) is 25.4. The molecule has 1 fully saturated rings. The summed E-state index contributed by atoms with van der Waals surface area (Å²) in [5, 5.41) is 0. The molecule has 1 aliphatic rings. The van der Waals surface area contributed by atoms with E-state index in [1.807, 2.05) is 39.8 Å². The molecule has 0 saturated carbocycles. The van der Waals surface area contributed by atoms with E-state index >= 15 is 0 Å². The van der Waals surface area contributed by atoms with Crippen LogP contribution in [0.1, 0.15) is 57.6 Å². The number of piperidine rings is 1. The topological polar surface area (TPSA) is 55.8 Å². The van der Waals surface area contributed by atoms with Gasteiger partial charge in [-0.1, -0.05) is 24.3 Å². The van der Waals surface area contributed by atoms with E-state index < -0.39 is 5.60 Å². The standard InChI is InChI=1S/C20H29NO4/c1-5-24-18(22)14-15-6-8-16(9-7-15)17-10-12-21(13-11-17)19(23)25-20(2,3)4/h6-9,17H,5,10-14H2,1-4H3. The van der Waals surface area contributed by atoms with Crippen molar-refractivity contribution in [2.24, 2.45) is 0 Å². The lowest BCUT2D eigenvalue weighted by Crippen LogP contribution is -2.41. The van der Waals surface area contributed by atoms with Crippen LogP contribution in [0.25, 0.3) is 0 Å².